The minimum absolute atomic E-state index is 0.0191. The molecule has 5 heteroatoms. The molecule has 0 aliphatic rings. The zero-order chi connectivity index (χ0) is 14.1. The average Bonchev–Trinajstić information content (AvgIpc) is 2.31. The molecule has 1 rings (SSSR count). The van der Waals surface area contributed by atoms with Gasteiger partial charge < -0.3 is 22.5 Å². The zero-order valence-electron chi connectivity index (χ0n) is 11.5. The predicted molar refractivity (Wildman–Crippen MR) is 74.7 cm³/mol. The molecule has 0 atom stereocenters. The summed E-state index contributed by atoms with van der Waals surface area (Å²) < 4.78 is 0. The van der Waals surface area contributed by atoms with Crippen molar-refractivity contribution in [2.75, 3.05) is 19.6 Å². The van der Waals surface area contributed by atoms with Crippen LogP contribution in [0.15, 0.2) is 15.9 Å². The van der Waals surface area contributed by atoms with Crippen molar-refractivity contribution in [2.24, 2.45) is 0 Å². The number of nitrogens with one attached hydrogen (secondary N) is 2. The number of hydrogen-bond donors (Lipinski definition) is 2. The molecular weight excluding hydrogens is 246 g/mol. The van der Waals surface area contributed by atoms with E-state index >= 15 is 0 Å². The molecule has 1 aromatic heterocycles. The Morgan fingerprint density at radius 2 is 1.83 bits per heavy atom. The Morgan fingerprint density at radius 3 is 2.11 bits per heavy atom. The molecule has 0 saturated heterocycles. The van der Waals surface area contributed by atoms with Gasteiger partial charge in [0.1, 0.15) is 6.07 Å². The maximum absolute atomic E-state index is 11.0. The van der Waals surface area contributed by atoms with E-state index in [9.17, 15) is 4.79 Å². The molecule has 1 heterocycles. The summed E-state index contributed by atoms with van der Waals surface area (Å²) in [5.74, 6) is 0. The fourth-order valence-corrected chi connectivity index (χ4v) is 1.82. The highest BCUT2D eigenvalue weighted by molar-refractivity contribution is 7.58. The van der Waals surface area contributed by atoms with E-state index in [1.54, 1.807) is 17.9 Å². The smallest absolute Gasteiger partial charge is 0.197 e. The van der Waals surface area contributed by atoms with Crippen LogP contribution in [0.25, 0.3) is 0 Å². The summed E-state index contributed by atoms with van der Waals surface area (Å²) in [4.78, 5) is 15.4. The summed E-state index contributed by atoms with van der Waals surface area (Å²) >= 11 is 4.75. The number of aromatic amines is 1. The number of H-pyrrole nitrogens is 1. The van der Waals surface area contributed by atoms with Crippen molar-refractivity contribution in [3.8, 4) is 6.07 Å². The second-order valence-electron chi connectivity index (χ2n) is 3.94. The molecule has 0 bridgehead atoms. The van der Waals surface area contributed by atoms with E-state index in [2.05, 4.69) is 25.8 Å². The Kier molecular flexibility index (Phi) is 8.01. The van der Waals surface area contributed by atoms with E-state index < -0.39 is 0 Å². The van der Waals surface area contributed by atoms with Crippen LogP contribution in [-0.4, -0.2) is 24.6 Å². The Hall–Kier alpha value is -1.38. The Balaban J connectivity index is 0.000000360. The van der Waals surface area contributed by atoms with Crippen molar-refractivity contribution in [1.82, 2.24) is 4.98 Å². The second kappa shape index (κ2) is 8.67. The molecule has 2 N–H and O–H groups in total. The van der Waals surface area contributed by atoms with Crippen molar-refractivity contribution >= 4 is 12.6 Å². The lowest BCUT2D eigenvalue weighted by Gasteiger charge is -2.10. The standard InChI is InChI=1S/C7H6N2OS.C6H15N/c1-4-2-6(10)5(3-8)7(11)9-4;1-4-7(5-2)6-3/h2H,1H3,(H2,9,10,11);4-6H2,1-3H3. The molecular formula is C13H21N3OS. The molecule has 18 heavy (non-hydrogen) atoms. The van der Waals surface area contributed by atoms with Crippen LogP contribution in [0.1, 0.15) is 32.0 Å². The Bertz CT molecular complexity index is 453. The van der Waals surface area contributed by atoms with Crippen molar-refractivity contribution in [3.63, 3.8) is 0 Å². The normalized spacial score (nSPS) is 9.56. The summed E-state index contributed by atoms with van der Waals surface area (Å²) in [7, 11) is 0. The number of aryl methyl sites for hydroxylation is 1. The van der Waals surface area contributed by atoms with Gasteiger partial charge in [-0.25, -0.2) is 0 Å². The lowest BCUT2D eigenvalue weighted by atomic mass is 10.2. The van der Waals surface area contributed by atoms with Gasteiger partial charge in [-0.15, -0.1) is 0 Å². The van der Waals surface area contributed by atoms with Gasteiger partial charge in [-0.3, -0.25) is 4.79 Å². The summed E-state index contributed by atoms with van der Waals surface area (Å²) in [5.41, 5.74) is 0.387. The molecule has 0 aliphatic carbocycles. The van der Waals surface area contributed by atoms with Gasteiger partial charge >= 0.3 is 0 Å². The third-order valence-electron chi connectivity index (χ3n) is 2.74. The lowest BCUT2D eigenvalue weighted by Crippen LogP contribution is -3.11. The molecule has 0 aliphatic heterocycles. The molecule has 0 amide bonds. The van der Waals surface area contributed by atoms with Crippen LogP contribution in [-0.2, 0) is 12.6 Å². The van der Waals surface area contributed by atoms with Crippen LogP contribution >= 0.6 is 0 Å². The molecule has 0 fully saturated rings. The summed E-state index contributed by atoms with van der Waals surface area (Å²) in [6, 6.07) is 3.10. The quantitative estimate of drug-likeness (QED) is 0.779. The highest BCUT2D eigenvalue weighted by Crippen LogP contribution is 1.98. The maximum atomic E-state index is 11.0. The van der Waals surface area contributed by atoms with Crippen LogP contribution < -0.4 is 10.3 Å². The van der Waals surface area contributed by atoms with Gasteiger partial charge in [-0.1, -0.05) is 5.03 Å². The van der Waals surface area contributed by atoms with Crippen LogP contribution in [0.5, 0.6) is 0 Å². The second-order valence-corrected chi connectivity index (χ2v) is 4.35. The first-order valence-corrected chi connectivity index (χ1v) is 6.55. The summed E-state index contributed by atoms with van der Waals surface area (Å²) in [5, 5.41) is 8.67. The van der Waals surface area contributed by atoms with Gasteiger partial charge in [-0.2, -0.15) is 5.26 Å². The van der Waals surface area contributed by atoms with Crippen molar-refractivity contribution in [1.29, 1.82) is 5.26 Å². The highest BCUT2D eigenvalue weighted by Gasteiger charge is 1.97. The number of aromatic nitrogens is 1. The van der Waals surface area contributed by atoms with Crippen LogP contribution in [0.4, 0.5) is 0 Å². The number of hydrogen-bond acceptors (Lipinski definition) is 3. The maximum Gasteiger partial charge on any atom is 0.197 e. The summed E-state index contributed by atoms with van der Waals surface area (Å²) in [6.45, 7) is 12.2. The molecule has 100 valence electrons. The van der Waals surface area contributed by atoms with Gasteiger partial charge in [-0.05, 0) is 27.7 Å². The van der Waals surface area contributed by atoms with E-state index in [1.165, 1.54) is 25.7 Å². The topological polar surface area (TPSA) is 61.1 Å². The first kappa shape index (κ1) is 16.6. The molecule has 1 aromatic rings. The van der Waals surface area contributed by atoms with E-state index in [0.29, 0.717) is 5.69 Å². The van der Waals surface area contributed by atoms with Crippen LogP contribution in [0.2, 0.25) is 0 Å². The number of nitrogens with zero attached hydrogens (tertiary/aromatic N) is 1. The summed E-state index contributed by atoms with van der Waals surface area (Å²) in [6.07, 6.45) is 0. The first-order chi connectivity index (χ1) is 8.49. The number of rotatable bonds is 3. The number of nitriles is 1. The Morgan fingerprint density at radius 1 is 1.33 bits per heavy atom. The van der Waals surface area contributed by atoms with E-state index in [-0.39, 0.29) is 16.0 Å². The Labute approximate surface area is 114 Å². The number of quaternary nitrogens is 1. The minimum Gasteiger partial charge on any atom is -0.761 e. The fraction of sp³-hybridized carbons (Fsp3) is 0.538. The van der Waals surface area contributed by atoms with Crippen molar-refractivity contribution in [2.45, 2.75) is 32.7 Å². The van der Waals surface area contributed by atoms with Gasteiger partial charge in [0.2, 0.25) is 0 Å². The van der Waals surface area contributed by atoms with E-state index in [4.69, 9.17) is 17.9 Å². The largest absolute Gasteiger partial charge is 0.761 e. The van der Waals surface area contributed by atoms with Gasteiger partial charge in [0.05, 0.1) is 25.2 Å². The third kappa shape index (κ3) is 5.30. The molecule has 4 nitrogen and oxygen atoms in total. The molecule has 0 saturated carbocycles. The SMILES string of the molecule is CC[NH+](CC)CC.Cc1cc(=O)c(C#N)c([S-])[nH]1. The van der Waals surface area contributed by atoms with Crippen molar-refractivity contribution < 1.29 is 4.90 Å². The van der Waals surface area contributed by atoms with Gasteiger partial charge in [0, 0.05) is 11.8 Å². The molecule has 0 unspecified atom stereocenters. The molecule has 0 aromatic carbocycles. The zero-order valence-corrected chi connectivity index (χ0v) is 12.3. The van der Waals surface area contributed by atoms with E-state index in [1.807, 2.05) is 0 Å². The molecule has 0 spiro atoms. The highest BCUT2D eigenvalue weighted by atomic mass is 32.1. The monoisotopic (exact) mass is 267 g/mol. The lowest BCUT2D eigenvalue weighted by molar-refractivity contribution is -0.894. The van der Waals surface area contributed by atoms with Gasteiger partial charge in [0.25, 0.3) is 0 Å². The average molecular weight is 267 g/mol. The van der Waals surface area contributed by atoms with Gasteiger partial charge in [0.15, 0.2) is 5.43 Å². The third-order valence-corrected chi connectivity index (χ3v) is 3.05. The van der Waals surface area contributed by atoms with Crippen LogP contribution in [0, 0.1) is 18.3 Å². The predicted octanol–water partition coefficient (Wildman–Crippen LogP) is 0.392. The van der Waals surface area contributed by atoms with Crippen LogP contribution in [0.3, 0.4) is 0 Å². The first-order valence-electron chi connectivity index (χ1n) is 6.14. The fourth-order valence-electron chi connectivity index (χ4n) is 1.51. The van der Waals surface area contributed by atoms with E-state index in [0.717, 1.165) is 0 Å². The molecule has 0 radical (unpaired) electrons. The van der Waals surface area contributed by atoms with Crippen molar-refractivity contribution in [3.05, 3.63) is 27.5 Å². The number of pyridine rings is 1. The minimum atomic E-state index is -0.311.